The summed E-state index contributed by atoms with van der Waals surface area (Å²) in [6.07, 6.45) is -1.91. The minimum Gasteiger partial charge on any atom is -0.356 e. The largest absolute Gasteiger partial charge is 0.433 e. The van der Waals surface area contributed by atoms with E-state index >= 15 is 0 Å². The van der Waals surface area contributed by atoms with Crippen LogP contribution in [0.2, 0.25) is 0 Å². The van der Waals surface area contributed by atoms with Crippen LogP contribution in [0.5, 0.6) is 0 Å². The van der Waals surface area contributed by atoms with Crippen molar-refractivity contribution in [2.75, 3.05) is 18.0 Å². The quantitative estimate of drug-likeness (QED) is 0.888. The normalized spacial score (nSPS) is 15.6. The average molecular weight is 378 g/mol. The minimum absolute atomic E-state index is 0.0168. The number of amides is 1. The molecule has 1 saturated heterocycles. The first kappa shape index (κ1) is 19.1. The summed E-state index contributed by atoms with van der Waals surface area (Å²) in [7, 11) is 0. The highest BCUT2D eigenvalue weighted by Crippen LogP contribution is 2.29. The molecular formula is C19H21F3N4O. The summed E-state index contributed by atoms with van der Waals surface area (Å²) in [5.74, 6) is 0.223. The van der Waals surface area contributed by atoms with Crippen LogP contribution in [0.25, 0.3) is 0 Å². The van der Waals surface area contributed by atoms with Gasteiger partial charge in [0.2, 0.25) is 5.91 Å². The molecule has 8 heteroatoms. The number of halogens is 3. The van der Waals surface area contributed by atoms with E-state index < -0.39 is 11.9 Å². The van der Waals surface area contributed by atoms with Gasteiger partial charge in [0.1, 0.15) is 17.8 Å². The van der Waals surface area contributed by atoms with E-state index in [9.17, 15) is 18.0 Å². The molecule has 2 heterocycles. The maximum Gasteiger partial charge on any atom is 0.433 e. The Morgan fingerprint density at radius 2 is 1.85 bits per heavy atom. The van der Waals surface area contributed by atoms with Crippen molar-refractivity contribution in [2.24, 2.45) is 0 Å². The Kier molecular flexibility index (Phi) is 5.62. The molecule has 1 aromatic carbocycles. The van der Waals surface area contributed by atoms with Crippen molar-refractivity contribution in [3.63, 3.8) is 0 Å². The number of alkyl halides is 3. The van der Waals surface area contributed by atoms with Gasteiger partial charge in [-0.15, -0.1) is 0 Å². The van der Waals surface area contributed by atoms with E-state index in [1.165, 1.54) is 0 Å². The van der Waals surface area contributed by atoms with E-state index in [0.29, 0.717) is 32.4 Å². The molecule has 1 amide bonds. The Bertz CT molecular complexity index is 784. The summed E-state index contributed by atoms with van der Waals surface area (Å²) < 4.78 is 38.4. The Balaban J connectivity index is 1.51. The number of carbonyl (C=O) groups is 1. The molecule has 0 radical (unpaired) electrons. The van der Waals surface area contributed by atoms with Gasteiger partial charge in [0.25, 0.3) is 0 Å². The number of aromatic nitrogens is 2. The first-order valence-corrected chi connectivity index (χ1v) is 8.80. The SMILES string of the molecule is Cc1ccc(CC(=O)NC2CCN(c3cc(C(F)(F)F)ncn3)CC2)cc1. The Morgan fingerprint density at radius 1 is 1.19 bits per heavy atom. The second kappa shape index (κ2) is 7.94. The van der Waals surface area contributed by atoms with Gasteiger partial charge in [-0.05, 0) is 25.3 Å². The predicted octanol–water partition coefficient (Wildman–Crippen LogP) is 3.13. The molecule has 1 aliphatic heterocycles. The van der Waals surface area contributed by atoms with Crippen molar-refractivity contribution >= 4 is 11.7 Å². The van der Waals surface area contributed by atoms with Gasteiger partial charge < -0.3 is 10.2 Å². The van der Waals surface area contributed by atoms with Crippen molar-refractivity contribution in [3.8, 4) is 0 Å². The standard InChI is InChI=1S/C19H21F3N4O/c1-13-2-4-14(5-3-13)10-18(27)25-15-6-8-26(9-7-15)17-11-16(19(20,21)22)23-12-24-17/h2-5,11-12,15H,6-10H2,1H3,(H,25,27). The van der Waals surface area contributed by atoms with Crippen LogP contribution in [-0.4, -0.2) is 35.0 Å². The fourth-order valence-corrected chi connectivity index (χ4v) is 3.10. The van der Waals surface area contributed by atoms with Gasteiger partial charge in [0.15, 0.2) is 0 Å². The Morgan fingerprint density at radius 3 is 2.48 bits per heavy atom. The van der Waals surface area contributed by atoms with Gasteiger partial charge in [-0.25, -0.2) is 9.97 Å². The summed E-state index contributed by atoms with van der Waals surface area (Å²) >= 11 is 0. The van der Waals surface area contributed by atoms with Gasteiger partial charge in [-0.2, -0.15) is 13.2 Å². The average Bonchev–Trinajstić information content (AvgIpc) is 2.64. The van der Waals surface area contributed by atoms with Crippen LogP contribution >= 0.6 is 0 Å². The molecular weight excluding hydrogens is 357 g/mol. The second-order valence-electron chi connectivity index (χ2n) is 6.75. The fraction of sp³-hybridized carbons (Fsp3) is 0.421. The van der Waals surface area contributed by atoms with Crippen molar-refractivity contribution < 1.29 is 18.0 Å². The predicted molar refractivity (Wildman–Crippen MR) is 95.3 cm³/mol. The number of hydrogen-bond donors (Lipinski definition) is 1. The van der Waals surface area contributed by atoms with E-state index in [1.54, 1.807) is 4.90 Å². The van der Waals surface area contributed by atoms with Crippen molar-refractivity contribution in [1.82, 2.24) is 15.3 Å². The molecule has 27 heavy (non-hydrogen) atoms. The second-order valence-corrected chi connectivity index (χ2v) is 6.75. The summed E-state index contributed by atoms with van der Waals surface area (Å²) in [5, 5.41) is 3.01. The number of anilines is 1. The van der Waals surface area contributed by atoms with Crippen LogP contribution in [0.4, 0.5) is 19.0 Å². The van der Waals surface area contributed by atoms with E-state index in [0.717, 1.165) is 23.5 Å². The highest BCUT2D eigenvalue weighted by Gasteiger charge is 2.33. The molecule has 1 fully saturated rings. The molecule has 0 saturated carbocycles. The lowest BCUT2D eigenvalue weighted by Gasteiger charge is -2.33. The number of nitrogens with one attached hydrogen (secondary N) is 1. The first-order valence-electron chi connectivity index (χ1n) is 8.80. The molecule has 0 aliphatic carbocycles. The number of nitrogens with zero attached hydrogens (tertiary/aromatic N) is 3. The lowest BCUT2D eigenvalue weighted by molar-refractivity contribution is -0.141. The molecule has 2 aromatic rings. The van der Waals surface area contributed by atoms with Crippen LogP contribution in [0.3, 0.4) is 0 Å². The maximum absolute atomic E-state index is 12.8. The van der Waals surface area contributed by atoms with E-state index in [1.807, 2.05) is 31.2 Å². The van der Waals surface area contributed by atoms with Crippen LogP contribution < -0.4 is 10.2 Å². The zero-order valence-corrected chi connectivity index (χ0v) is 15.0. The lowest BCUT2D eigenvalue weighted by atomic mass is 10.0. The van der Waals surface area contributed by atoms with Crippen LogP contribution in [-0.2, 0) is 17.4 Å². The van der Waals surface area contributed by atoms with Crippen molar-refractivity contribution in [2.45, 2.75) is 38.4 Å². The van der Waals surface area contributed by atoms with Gasteiger partial charge >= 0.3 is 6.18 Å². The summed E-state index contributed by atoms with van der Waals surface area (Å²) in [5.41, 5.74) is 1.15. The summed E-state index contributed by atoms with van der Waals surface area (Å²) in [4.78, 5) is 21.2. The number of carbonyl (C=O) groups excluding carboxylic acids is 1. The maximum atomic E-state index is 12.8. The highest BCUT2D eigenvalue weighted by molar-refractivity contribution is 5.78. The van der Waals surface area contributed by atoms with E-state index in [4.69, 9.17) is 0 Å². The fourth-order valence-electron chi connectivity index (χ4n) is 3.10. The lowest BCUT2D eigenvalue weighted by Crippen LogP contribution is -2.45. The summed E-state index contributed by atoms with van der Waals surface area (Å²) in [6.45, 7) is 3.06. The Hall–Kier alpha value is -2.64. The zero-order chi connectivity index (χ0) is 19.4. The third-order valence-electron chi connectivity index (χ3n) is 4.61. The van der Waals surface area contributed by atoms with E-state index in [-0.39, 0.29) is 17.8 Å². The van der Waals surface area contributed by atoms with E-state index in [2.05, 4.69) is 15.3 Å². The minimum atomic E-state index is -4.49. The van der Waals surface area contributed by atoms with Gasteiger partial charge in [0, 0.05) is 25.2 Å². The molecule has 144 valence electrons. The molecule has 5 nitrogen and oxygen atoms in total. The van der Waals surface area contributed by atoms with Crippen molar-refractivity contribution in [3.05, 3.63) is 53.5 Å². The third kappa shape index (κ3) is 5.18. The number of aryl methyl sites for hydroxylation is 1. The topological polar surface area (TPSA) is 58.1 Å². The molecule has 0 unspecified atom stereocenters. The highest BCUT2D eigenvalue weighted by atomic mass is 19.4. The van der Waals surface area contributed by atoms with Gasteiger partial charge in [0.05, 0.1) is 6.42 Å². The number of hydrogen-bond acceptors (Lipinski definition) is 4. The molecule has 1 aromatic heterocycles. The molecule has 3 rings (SSSR count). The third-order valence-corrected chi connectivity index (χ3v) is 4.61. The van der Waals surface area contributed by atoms with Crippen LogP contribution in [0.1, 0.15) is 29.7 Å². The zero-order valence-electron chi connectivity index (χ0n) is 15.0. The Labute approximate surface area is 155 Å². The van der Waals surface area contributed by atoms with Crippen molar-refractivity contribution in [1.29, 1.82) is 0 Å². The number of rotatable bonds is 4. The van der Waals surface area contributed by atoms with Gasteiger partial charge in [-0.1, -0.05) is 29.8 Å². The molecule has 0 bridgehead atoms. The first-order chi connectivity index (χ1) is 12.8. The van der Waals surface area contributed by atoms with Crippen LogP contribution in [0.15, 0.2) is 36.7 Å². The number of benzene rings is 1. The molecule has 1 N–H and O–H groups in total. The summed E-state index contributed by atoms with van der Waals surface area (Å²) in [6, 6.07) is 8.80. The monoisotopic (exact) mass is 378 g/mol. The molecule has 1 aliphatic rings. The number of piperidine rings is 1. The molecule has 0 atom stereocenters. The van der Waals surface area contributed by atoms with Crippen LogP contribution in [0, 0.1) is 6.92 Å². The smallest absolute Gasteiger partial charge is 0.356 e. The molecule has 0 spiro atoms. The van der Waals surface area contributed by atoms with Gasteiger partial charge in [-0.3, -0.25) is 4.79 Å².